The predicted molar refractivity (Wildman–Crippen MR) is 63.5 cm³/mol. The lowest BCUT2D eigenvalue weighted by Crippen LogP contribution is -2.16. The lowest BCUT2D eigenvalue weighted by molar-refractivity contribution is 0.137. The Bertz CT molecular complexity index is 370. The molecule has 1 saturated heterocycles. The number of methoxy groups -OCH3 is 1. The maximum absolute atomic E-state index is 9.66. The summed E-state index contributed by atoms with van der Waals surface area (Å²) in [6.45, 7) is 3.06. The summed E-state index contributed by atoms with van der Waals surface area (Å²) in [6.07, 6.45) is 0.392. The minimum atomic E-state index is -0.576. The highest BCUT2D eigenvalue weighted by Gasteiger charge is 2.21. The summed E-state index contributed by atoms with van der Waals surface area (Å²) in [5.41, 5.74) is 0.740. The molecule has 17 heavy (non-hydrogen) atoms. The van der Waals surface area contributed by atoms with Gasteiger partial charge in [0.15, 0.2) is 11.5 Å². The molecular formula is C13H18O4. The van der Waals surface area contributed by atoms with Crippen LogP contribution in [0.5, 0.6) is 11.5 Å². The average molecular weight is 238 g/mol. The van der Waals surface area contributed by atoms with Gasteiger partial charge in [-0.1, -0.05) is 12.1 Å². The Hall–Kier alpha value is -1.26. The van der Waals surface area contributed by atoms with E-state index < -0.39 is 6.10 Å². The Kier molecular flexibility index (Phi) is 3.86. The SMILES string of the molecule is COc1c(OC2CCOC2)cccc1C(C)O. The standard InChI is InChI=1S/C13H18O4/c1-9(14)11-4-3-5-12(13(11)15-2)17-10-6-7-16-8-10/h3-5,9-10,14H,6-8H2,1-2H3. The molecule has 0 aromatic heterocycles. The minimum Gasteiger partial charge on any atom is -0.492 e. The van der Waals surface area contributed by atoms with Gasteiger partial charge in [0.25, 0.3) is 0 Å². The van der Waals surface area contributed by atoms with E-state index >= 15 is 0 Å². The maximum Gasteiger partial charge on any atom is 0.166 e. The molecule has 4 heteroatoms. The molecule has 1 heterocycles. The van der Waals surface area contributed by atoms with Crippen molar-refractivity contribution in [2.75, 3.05) is 20.3 Å². The number of para-hydroxylation sites is 1. The van der Waals surface area contributed by atoms with Crippen molar-refractivity contribution < 1.29 is 19.3 Å². The summed E-state index contributed by atoms with van der Waals surface area (Å²) < 4.78 is 16.4. The van der Waals surface area contributed by atoms with Gasteiger partial charge in [0.1, 0.15) is 6.10 Å². The molecule has 1 N–H and O–H groups in total. The molecule has 0 saturated carbocycles. The lowest BCUT2D eigenvalue weighted by atomic mass is 10.1. The van der Waals surface area contributed by atoms with E-state index in [2.05, 4.69) is 0 Å². The van der Waals surface area contributed by atoms with Gasteiger partial charge in [0.2, 0.25) is 0 Å². The number of benzene rings is 1. The average Bonchev–Trinajstić information content (AvgIpc) is 2.81. The molecule has 1 fully saturated rings. The second-order valence-corrected chi connectivity index (χ2v) is 4.16. The van der Waals surface area contributed by atoms with Gasteiger partial charge >= 0.3 is 0 Å². The molecule has 1 aliphatic rings. The van der Waals surface area contributed by atoms with Crippen molar-refractivity contribution in [1.82, 2.24) is 0 Å². The molecule has 1 aliphatic heterocycles. The van der Waals surface area contributed by atoms with E-state index in [1.165, 1.54) is 0 Å². The van der Waals surface area contributed by atoms with Crippen molar-refractivity contribution >= 4 is 0 Å². The lowest BCUT2D eigenvalue weighted by Gasteiger charge is -2.18. The molecule has 4 nitrogen and oxygen atoms in total. The van der Waals surface area contributed by atoms with Crippen molar-refractivity contribution in [1.29, 1.82) is 0 Å². The van der Waals surface area contributed by atoms with E-state index in [1.807, 2.05) is 18.2 Å². The number of rotatable bonds is 4. The molecule has 1 aromatic rings. The third kappa shape index (κ3) is 2.70. The van der Waals surface area contributed by atoms with Crippen LogP contribution in [-0.2, 0) is 4.74 Å². The Labute approximate surface area is 101 Å². The molecule has 0 radical (unpaired) electrons. The first-order valence-electron chi connectivity index (χ1n) is 5.81. The van der Waals surface area contributed by atoms with Crippen LogP contribution in [0.25, 0.3) is 0 Å². The van der Waals surface area contributed by atoms with Crippen molar-refractivity contribution in [2.24, 2.45) is 0 Å². The number of ether oxygens (including phenoxy) is 3. The molecule has 2 rings (SSSR count). The number of hydrogen-bond acceptors (Lipinski definition) is 4. The highest BCUT2D eigenvalue weighted by molar-refractivity contribution is 5.47. The molecular weight excluding hydrogens is 220 g/mol. The summed E-state index contributed by atoms with van der Waals surface area (Å²) in [5, 5.41) is 9.66. The normalized spacial score (nSPS) is 21.2. The second kappa shape index (κ2) is 5.38. The molecule has 2 unspecified atom stereocenters. The van der Waals surface area contributed by atoms with Crippen molar-refractivity contribution in [3.05, 3.63) is 23.8 Å². The molecule has 1 aromatic carbocycles. The van der Waals surface area contributed by atoms with Crippen LogP contribution in [0.2, 0.25) is 0 Å². The van der Waals surface area contributed by atoms with Crippen LogP contribution in [0.3, 0.4) is 0 Å². The smallest absolute Gasteiger partial charge is 0.166 e. The van der Waals surface area contributed by atoms with E-state index in [0.29, 0.717) is 18.1 Å². The fourth-order valence-corrected chi connectivity index (χ4v) is 1.96. The van der Waals surface area contributed by atoms with Crippen LogP contribution in [0.15, 0.2) is 18.2 Å². The van der Waals surface area contributed by atoms with Crippen LogP contribution < -0.4 is 9.47 Å². The third-order valence-corrected chi connectivity index (χ3v) is 2.85. The summed E-state index contributed by atoms with van der Waals surface area (Å²) in [6, 6.07) is 5.54. The first kappa shape index (κ1) is 12.2. The van der Waals surface area contributed by atoms with E-state index in [9.17, 15) is 5.11 Å². The van der Waals surface area contributed by atoms with Crippen LogP contribution in [-0.4, -0.2) is 31.5 Å². The third-order valence-electron chi connectivity index (χ3n) is 2.85. The van der Waals surface area contributed by atoms with E-state index in [0.717, 1.165) is 18.6 Å². The first-order valence-corrected chi connectivity index (χ1v) is 5.81. The van der Waals surface area contributed by atoms with Gasteiger partial charge < -0.3 is 19.3 Å². The van der Waals surface area contributed by atoms with E-state index in [4.69, 9.17) is 14.2 Å². The fourth-order valence-electron chi connectivity index (χ4n) is 1.96. The minimum absolute atomic E-state index is 0.0770. The molecule has 0 spiro atoms. The largest absolute Gasteiger partial charge is 0.492 e. The zero-order valence-electron chi connectivity index (χ0n) is 10.2. The zero-order chi connectivity index (χ0) is 12.3. The van der Waals surface area contributed by atoms with Crippen LogP contribution in [0.1, 0.15) is 25.0 Å². The Balaban J connectivity index is 2.22. The van der Waals surface area contributed by atoms with Gasteiger partial charge in [0.05, 0.1) is 26.4 Å². The van der Waals surface area contributed by atoms with Crippen LogP contribution in [0.4, 0.5) is 0 Å². The summed E-state index contributed by atoms with van der Waals surface area (Å²) in [7, 11) is 1.58. The van der Waals surface area contributed by atoms with Gasteiger partial charge in [-0.05, 0) is 13.0 Å². The zero-order valence-corrected chi connectivity index (χ0v) is 10.2. The predicted octanol–water partition coefficient (Wildman–Crippen LogP) is 1.92. The highest BCUT2D eigenvalue weighted by atomic mass is 16.6. The van der Waals surface area contributed by atoms with Crippen molar-refractivity contribution in [3.8, 4) is 11.5 Å². The first-order chi connectivity index (χ1) is 8.22. The van der Waals surface area contributed by atoms with Gasteiger partial charge in [-0.3, -0.25) is 0 Å². The van der Waals surface area contributed by atoms with E-state index in [1.54, 1.807) is 14.0 Å². The number of hydrogen-bond donors (Lipinski definition) is 1. The van der Waals surface area contributed by atoms with Crippen LogP contribution >= 0.6 is 0 Å². The second-order valence-electron chi connectivity index (χ2n) is 4.16. The number of aliphatic hydroxyl groups is 1. The van der Waals surface area contributed by atoms with Crippen molar-refractivity contribution in [2.45, 2.75) is 25.6 Å². The summed E-state index contributed by atoms with van der Waals surface area (Å²) in [4.78, 5) is 0. The molecule has 0 bridgehead atoms. The summed E-state index contributed by atoms with van der Waals surface area (Å²) in [5.74, 6) is 1.27. The monoisotopic (exact) mass is 238 g/mol. The highest BCUT2D eigenvalue weighted by Crippen LogP contribution is 2.35. The van der Waals surface area contributed by atoms with Gasteiger partial charge in [-0.2, -0.15) is 0 Å². The van der Waals surface area contributed by atoms with Gasteiger partial charge in [-0.25, -0.2) is 0 Å². The van der Waals surface area contributed by atoms with Gasteiger partial charge in [-0.15, -0.1) is 0 Å². The Morgan fingerprint density at radius 2 is 2.29 bits per heavy atom. The van der Waals surface area contributed by atoms with Gasteiger partial charge in [0, 0.05) is 12.0 Å². The molecule has 2 atom stereocenters. The topological polar surface area (TPSA) is 47.9 Å². The molecule has 0 amide bonds. The van der Waals surface area contributed by atoms with Crippen LogP contribution in [0, 0.1) is 0 Å². The van der Waals surface area contributed by atoms with E-state index in [-0.39, 0.29) is 6.10 Å². The Morgan fingerprint density at radius 1 is 1.47 bits per heavy atom. The maximum atomic E-state index is 9.66. The Morgan fingerprint density at radius 3 is 2.88 bits per heavy atom. The molecule has 0 aliphatic carbocycles. The summed E-state index contributed by atoms with van der Waals surface area (Å²) >= 11 is 0. The van der Waals surface area contributed by atoms with Crippen molar-refractivity contribution in [3.63, 3.8) is 0 Å². The molecule has 94 valence electrons. The quantitative estimate of drug-likeness (QED) is 0.870. The number of aliphatic hydroxyl groups excluding tert-OH is 1. The fraction of sp³-hybridized carbons (Fsp3) is 0.538.